The number of ether oxygens (including phenoxy) is 1. The van der Waals surface area contributed by atoms with Gasteiger partial charge in [-0.2, -0.15) is 4.98 Å². The summed E-state index contributed by atoms with van der Waals surface area (Å²) in [7, 11) is 1.60. The number of anilines is 1. The highest BCUT2D eigenvalue weighted by atomic mass is 16.5. The van der Waals surface area contributed by atoms with E-state index in [-0.39, 0.29) is 0 Å². The van der Waals surface area contributed by atoms with Crippen LogP contribution in [0, 0.1) is 6.92 Å². The highest BCUT2D eigenvalue weighted by molar-refractivity contribution is 5.75. The maximum Gasteiger partial charge on any atom is 0.329 e. The van der Waals surface area contributed by atoms with Crippen LogP contribution in [-0.2, 0) is 13.6 Å². The van der Waals surface area contributed by atoms with Crippen molar-refractivity contribution in [1.29, 1.82) is 0 Å². The Morgan fingerprint density at radius 3 is 2.83 bits per heavy atom. The molecule has 0 atom stereocenters. The molecule has 9 heteroatoms. The molecule has 1 aromatic carbocycles. The average molecular weight is 396 g/mol. The summed E-state index contributed by atoms with van der Waals surface area (Å²) in [6.45, 7) is 6.05. The van der Waals surface area contributed by atoms with E-state index in [1.165, 1.54) is 4.57 Å². The number of nitrogens with zero attached hydrogens (tertiary/aromatic N) is 4. The van der Waals surface area contributed by atoms with E-state index < -0.39 is 11.2 Å². The van der Waals surface area contributed by atoms with Crippen molar-refractivity contribution in [1.82, 2.24) is 23.5 Å². The van der Waals surface area contributed by atoms with Crippen LogP contribution >= 0.6 is 0 Å². The summed E-state index contributed by atoms with van der Waals surface area (Å²) in [5, 5.41) is 3.41. The zero-order valence-electron chi connectivity index (χ0n) is 16.7. The molecule has 2 N–H and O–H groups in total. The molecule has 0 aliphatic carbocycles. The molecule has 0 aliphatic heterocycles. The molecule has 4 aromatic rings. The normalized spacial score (nSPS) is 11.4. The second kappa shape index (κ2) is 7.50. The van der Waals surface area contributed by atoms with Gasteiger partial charge in [0.05, 0.1) is 12.3 Å². The SMILES string of the molecule is CCOc1ccccc1NCCCn1c(C)cn2c3c(=O)[nH]c(=O)n(C)c3nc12. The van der Waals surface area contributed by atoms with Gasteiger partial charge in [0.1, 0.15) is 5.75 Å². The molecular formula is C20H24N6O3. The van der Waals surface area contributed by atoms with E-state index in [1.54, 1.807) is 11.4 Å². The molecule has 29 heavy (non-hydrogen) atoms. The van der Waals surface area contributed by atoms with Crippen molar-refractivity contribution in [2.24, 2.45) is 7.05 Å². The van der Waals surface area contributed by atoms with Gasteiger partial charge in [-0.15, -0.1) is 0 Å². The summed E-state index contributed by atoms with van der Waals surface area (Å²) in [6.07, 6.45) is 2.73. The Morgan fingerprint density at radius 1 is 1.24 bits per heavy atom. The Kier molecular flexibility index (Phi) is 4.87. The summed E-state index contributed by atoms with van der Waals surface area (Å²) in [6, 6.07) is 7.87. The Balaban J connectivity index is 1.56. The first-order valence-corrected chi connectivity index (χ1v) is 9.64. The summed E-state index contributed by atoms with van der Waals surface area (Å²) in [5.74, 6) is 1.49. The third-order valence-corrected chi connectivity index (χ3v) is 4.98. The molecule has 0 amide bonds. The molecule has 0 bridgehead atoms. The van der Waals surface area contributed by atoms with Crippen molar-refractivity contribution < 1.29 is 4.74 Å². The molecule has 0 fully saturated rings. The van der Waals surface area contributed by atoms with E-state index in [4.69, 9.17) is 4.74 Å². The van der Waals surface area contributed by atoms with Crippen LogP contribution in [0.4, 0.5) is 5.69 Å². The number of benzene rings is 1. The van der Waals surface area contributed by atoms with Crippen molar-refractivity contribution in [2.75, 3.05) is 18.5 Å². The number of para-hydroxylation sites is 2. The van der Waals surface area contributed by atoms with Crippen LogP contribution in [0.1, 0.15) is 19.0 Å². The van der Waals surface area contributed by atoms with Crippen molar-refractivity contribution in [3.05, 3.63) is 57.0 Å². The van der Waals surface area contributed by atoms with Gasteiger partial charge in [0.15, 0.2) is 11.2 Å². The highest BCUT2D eigenvalue weighted by Gasteiger charge is 2.17. The first kappa shape index (κ1) is 18.9. The molecule has 0 unspecified atom stereocenters. The molecule has 4 rings (SSSR count). The lowest BCUT2D eigenvalue weighted by molar-refractivity contribution is 0.341. The van der Waals surface area contributed by atoms with E-state index in [0.717, 1.165) is 36.6 Å². The maximum absolute atomic E-state index is 12.3. The lowest BCUT2D eigenvalue weighted by Crippen LogP contribution is -2.28. The number of rotatable bonds is 7. The van der Waals surface area contributed by atoms with Crippen LogP contribution in [0.15, 0.2) is 40.1 Å². The highest BCUT2D eigenvalue weighted by Crippen LogP contribution is 2.23. The number of aryl methyl sites for hydroxylation is 3. The average Bonchev–Trinajstić information content (AvgIpc) is 3.20. The quantitative estimate of drug-likeness (QED) is 0.465. The van der Waals surface area contributed by atoms with Gasteiger partial charge < -0.3 is 14.6 Å². The molecular weight excluding hydrogens is 372 g/mol. The molecule has 152 valence electrons. The fourth-order valence-electron chi connectivity index (χ4n) is 3.55. The van der Waals surface area contributed by atoms with E-state index in [1.807, 2.05) is 44.3 Å². The minimum Gasteiger partial charge on any atom is -0.492 e. The van der Waals surface area contributed by atoms with Crippen LogP contribution < -0.4 is 21.3 Å². The second-order valence-electron chi connectivity index (χ2n) is 6.90. The lowest BCUT2D eigenvalue weighted by Gasteiger charge is -2.12. The molecule has 0 saturated heterocycles. The predicted octanol–water partition coefficient (Wildman–Crippen LogP) is 1.89. The third kappa shape index (κ3) is 3.28. The van der Waals surface area contributed by atoms with E-state index in [0.29, 0.717) is 23.5 Å². The Bertz CT molecular complexity index is 1290. The van der Waals surface area contributed by atoms with Crippen LogP contribution in [0.5, 0.6) is 5.75 Å². The van der Waals surface area contributed by atoms with Crippen molar-refractivity contribution >= 4 is 22.6 Å². The van der Waals surface area contributed by atoms with Gasteiger partial charge in [0.2, 0.25) is 5.78 Å². The van der Waals surface area contributed by atoms with Gasteiger partial charge in [-0.25, -0.2) is 4.79 Å². The monoisotopic (exact) mass is 396 g/mol. The number of aromatic amines is 1. The van der Waals surface area contributed by atoms with E-state index in [2.05, 4.69) is 19.9 Å². The van der Waals surface area contributed by atoms with Gasteiger partial charge in [-0.05, 0) is 32.4 Å². The molecule has 0 aliphatic rings. The van der Waals surface area contributed by atoms with Gasteiger partial charge in [0.25, 0.3) is 5.56 Å². The first-order valence-electron chi connectivity index (χ1n) is 9.64. The smallest absolute Gasteiger partial charge is 0.329 e. The summed E-state index contributed by atoms with van der Waals surface area (Å²) in [4.78, 5) is 31.0. The summed E-state index contributed by atoms with van der Waals surface area (Å²) in [5.41, 5.74) is 1.83. The Hall–Kier alpha value is -3.49. The third-order valence-electron chi connectivity index (χ3n) is 4.98. The van der Waals surface area contributed by atoms with Crippen molar-refractivity contribution in [3.63, 3.8) is 0 Å². The van der Waals surface area contributed by atoms with Crippen molar-refractivity contribution in [3.8, 4) is 5.75 Å². The maximum atomic E-state index is 12.3. The number of hydrogen-bond acceptors (Lipinski definition) is 5. The van der Waals surface area contributed by atoms with Gasteiger partial charge in [0, 0.05) is 32.0 Å². The van der Waals surface area contributed by atoms with Gasteiger partial charge >= 0.3 is 5.69 Å². The minimum absolute atomic E-state index is 0.381. The first-order chi connectivity index (χ1) is 14.0. The van der Waals surface area contributed by atoms with Gasteiger partial charge in [-0.3, -0.25) is 18.7 Å². The molecule has 0 spiro atoms. The zero-order valence-corrected chi connectivity index (χ0v) is 16.7. The van der Waals surface area contributed by atoms with Crippen LogP contribution in [0.2, 0.25) is 0 Å². The number of hydrogen-bond donors (Lipinski definition) is 2. The molecule has 3 heterocycles. The van der Waals surface area contributed by atoms with Crippen LogP contribution in [0.3, 0.4) is 0 Å². The largest absolute Gasteiger partial charge is 0.492 e. The fourth-order valence-corrected chi connectivity index (χ4v) is 3.55. The number of nitrogens with one attached hydrogen (secondary N) is 2. The van der Waals surface area contributed by atoms with Crippen LogP contribution in [-0.4, -0.2) is 36.7 Å². The van der Waals surface area contributed by atoms with Gasteiger partial charge in [-0.1, -0.05) is 12.1 Å². The molecule has 9 nitrogen and oxygen atoms in total. The number of aromatic nitrogens is 5. The minimum atomic E-state index is -0.469. The van der Waals surface area contributed by atoms with E-state index >= 15 is 0 Å². The lowest BCUT2D eigenvalue weighted by atomic mass is 10.3. The standard InChI is InChI=1S/C20H24N6O3/c1-4-29-15-9-6-5-8-14(15)21-10-7-11-25-13(2)12-26-16-17(22-19(25)26)24(3)20(28)23-18(16)27/h5-6,8-9,12,21H,4,7,10-11H2,1-3H3,(H,23,27,28). The Labute approximate surface area is 166 Å². The zero-order chi connectivity index (χ0) is 20.5. The fraction of sp³-hybridized carbons (Fsp3) is 0.350. The summed E-state index contributed by atoms with van der Waals surface area (Å²) < 4.78 is 10.8. The number of H-pyrrole nitrogens is 1. The van der Waals surface area contributed by atoms with E-state index in [9.17, 15) is 9.59 Å². The topological polar surface area (TPSA) is 98.4 Å². The van der Waals surface area contributed by atoms with Crippen molar-refractivity contribution in [2.45, 2.75) is 26.8 Å². The summed E-state index contributed by atoms with van der Waals surface area (Å²) >= 11 is 0. The molecule has 3 aromatic heterocycles. The Morgan fingerprint density at radius 2 is 2.03 bits per heavy atom. The van der Waals surface area contributed by atoms with Crippen LogP contribution in [0.25, 0.3) is 16.9 Å². The second-order valence-corrected chi connectivity index (χ2v) is 6.90. The number of imidazole rings is 2. The number of fused-ring (bicyclic) bond motifs is 3. The predicted molar refractivity (Wildman–Crippen MR) is 112 cm³/mol. The molecule has 0 saturated carbocycles. The molecule has 0 radical (unpaired) electrons.